The van der Waals surface area contributed by atoms with Gasteiger partial charge in [0.25, 0.3) is 5.56 Å². The van der Waals surface area contributed by atoms with E-state index in [1.165, 1.54) is 33.9 Å². The number of amides is 1. The van der Waals surface area contributed by atoms with E-state index in [-0.39, 0.29) is 29.3 Å². The van der Waals surface area contributed by atoms with Crippen LogP contribution in [-0.2, 0) is 24.1 Å². The molecule has 0 unspecified atom stereocenters. The van der Waals surface area contributed by atoms with Gasteiger partial charge in [-0.05, 0) is 30.5 Å². The summed E-state index contributed by atoms with van der Waals surface area (Å²) in [5.41, 5.74) is -0.432. The van der Waals surface area contributed by atoms with Crippen LogP contribution in [0.15, 0.2) is 41.6 Å². The number of fused-ring (bicyclic) bond motifs is 1. The number of alkyl halides is 3. The van der Waals surface area contributed by atoms with Crippen molar-refractivity contribution in [1.29, 1.82) is 0 Å². The number of hydrogen-bond acceptors (Lipinski definition) is 4. The van der Waals surface area contributed by atoms with Gasteiger partial charge in [-0.3, -0.25) is 14.2 Å². The molecule has 1 aliphatic rings. The number of hydrogen-bond donors (Lipinski definition) is 1. The first-order chi connectivity index (χ1) is 14.3. The Balaban J connectivity index is 1.48. The molecule has 1 amide bonds. The van der Waals surface area contributed by atoms with Crippen LogP contribution < -0.4 is 10.9 Å². The van der Waals surface area contributed by atoms with Crippen LogP contribution in [0.4, 0.5) is 13.2 Å². The second-order valence-electron chi connectivity index (χ2n) is 7.40. The largest absolute Gasteiger partial charge is 0.416 e. The first-order valence-electron chi connectivity index (χ1n) is 9.68. The van der Waals surface area contributed by atoms with E-state index in [4.69, 9.17) is 0 Å². The molecule has 0 saturated heterocycles. The Labute approximate surface area is 169 Å². The van der Waals surface area contributed by atoms with Crippen molar-refractivity contribution >= 4 is 16.9 Å². The lowest BCUT2D eigenvalue weighted by Crippen LogP contribution is -2.36. The molecule has 1 N–H and O–H groups in total. The molecular formula is C20H20F3N5O2. The maximum absolute atomic E-state index is 12.9. The minimum absolute atomic E-state index is 0.0334. The van der Waals surface area contributed by atoms with Gasteiger partial charge in [-0.1, -0.05) is 18.6 Å². The summed E-state index contributed by atoms with van der Waals surface area (Å²) >= 11 is 0. The molecule has 1 saturated carbocycles. The van der Waals surface area contributed by atoms with Gasteiger partial charge in [0.1, 0.15) is 11.7 Å². The highest BCUT2D eigenvalue weighted by atomic mass is 19.4. The first-order valence-corrected chi connectivity index (χ1v) is 9.68. The zero-order valence-electron chi connectivity index (χ0n) is 16.0. The summed E-state index contributed by atoms with van der Waals surface area (Å²) in [6, 6.07) is 4.84. The molecular weight excluding hydrogens is 399 g/mol. The fourth-order valence-electron chi connectivity index (χ4n) is 3.42. The third-order valence-electron chi connectivity index (χ3n) is 5.33. The van der Waals surface area contributed by atoms with Crippen LogP contribution in [0.3, 0.4) is 0 Å². The van der Waals surface area contributed by atoms with E-state index < -0.39 is 11.7 Å². The van der Waals surface area contributed by atoms with E-state index in [0.29, 0.717) is 24.3 Å². The van der Waals surface area contributed by atoms with E-state index in [1.807, 2.05) is 0 Å². The average molecular weight is 419 g/mol. The highest BCUT2D eigenvalue weighted by Gasteiger charge is 2.30. The Hall–Kier alpha value is -3.17. The Bertz CT molecular complexity index is 1130. The van der Waals surface area contributed by atoms with Gasteiger partial charge in [0.15, 0.2) is 5.65 Å². The van der Waals surface area contributed by atoms with E-state index in [1.54, 1.807) is 0 Å². The predicted octanol–water partition coefficient (Wildman–Crippen LogP) is 2.58. The number of benzene rings is 1. The number of halogens is 3. The van der Waals surface area contributed by atoms with Gasteiger partial charge in [0, 0.05) is 12.5 Å². The Morgan fingerprint density at radius 3 is 2.77 bits per heavy atom. The highest BCUT2D eigenvalue weighted by Crippen LogP contribution is 2.29. The quantitative estimate of drug-likeness (QED) is 0.666. The molecule has 2 heterocycles. The van der Waals surface area contributed by atoms with Gasteiger partial charge < -0.3 is 5.32 Å². The maximum atomic E-state index is 12.9. The van der Waals surface area contributed by atoms with Gasteiger partial charge in [-0.2, -0.15) is 18.3 Å². The second-order valence-corrected chi connectivity index (χ2v) is 7.40. The SMILES string of the molecule is O=C(NCCn1ncc2c(=O)n(Cc3cccc(C(F)(F)F)c3)cnc21)C1CCC1. The van der Waals surface area contributed by atoms with Crippen LogP contribution in [0.25, 0.3) is 11.0 Å². The van der Waals surface area contributed by atoms with Gasteiger partial charge in [0.05, 0.1) is 24.8 Å². The summed E-state index contributed by atoms with van der Waals surface area (Å²) in [6.45, 7) is 0.710. The molecule has 3 aromatic rings. The molecule has 30 heavy (non-hydrogen) atoms. The Kier molecular flexibility index (Phi) is 5.31. The number of carbonyl (C=O) groups excluding carboxylic acids is 1. The van der Waals surface area contributed by atoms with Gasteiger partial charge in [-0.25, -0.2) is 9.67 Å². The molecule has 7 nitrogen and oxygen atoms in total. The zero-order valence-corrected chi connectivity index (χ0v) is 16.0. The average Bonchev–Trinajstić information content (AvgIpc) is 3.06. The third-order valence-corrected chi connectivity index (χ3v) is 5.33. The van der Waals surface area contributed by atoms with Crippen LogP contribution in [0.5, 0.6) is 0 Å². The minimum atomic E-state index is -4.45. The van der Waals surface area contributed by atoms with Gasteiger partial charge in [-0.15, -0.1) is 0 Å². The standard InChI is InChI=1S/C20H20F3N5O2/c21-20(22,23)15-6-1-3-13(9-15)11-27-12-25-17-16(19(27)30)10-26-28(17)8-7-24-18(29)14-4-2-5-14/h1,3,6,9-10,12,14H,2,4-5,7-8,11H2,(H,24,29). The first kappa shape index (κ1) is 20.1. The Morgan fingerprint density at radius 1 is 1.27 bits per heavy atom. The summed E-state index contributed by atoms with van der Waals surface area (Å²) < 4.78 is 41.5. The highest BCUT2D eigenvalue weighted by molar-refractivity contribution is 5.79. The summed E-state index contributed by atoms with van der Waals surface area (Å²) in [5, 5.41) is 7.30. The van der Waals surface area contributed by atoms with Crippen LogP contribution in [0.1, 0.15) is 30.4 Å². The van der Waals surface area contributed by atoms with Crippen molar-refractivity contribution in [3.05, 3.63) is 58.3 Å². The minimum Gasteiger partial charge on any atom is -0.354 e. The smallest absolute Gasteiger partial charge is 0.354 e. The maximum Gasteiger partial charge on any atom is 0.416 e. The van der Waals surface area contributed by atoms with E-state index in [0.717, 1.165) is 31.4 Å². The van der Waals surface area contributed by atoms with E-state index >= 15 is 0 Å². The van der Waals surface area contributed by atoms with Crippen LogP contribution in [0, 0.1) is 5.92 Å². The van der Waals surface area contributed by atoms with Crippen LogP contribution >= 0.6 is 0 Å². The van der Waals surface area contributed by atoms with E-state index in [9.17, 15) is 22.8 Å². The molecule has 0 spiro atoms. The molecule has 1 aromatic carbocycles. The normalized spacial score (nSPS) is 14.6. The third kappa shape index (κ3) is 4.07. The summed E-state index contributed by atoms with van der Waals surface area (Å²) in [7, 11) is 0. The van der Waals surface area contributed by atoms with Crippen molar-refractivity contribution in [1.82, 2.24) is 24.6 Å². The lowest BCUT2D eigenvalue weighted by atomic mass is 9.85. The summed E-state index contributed by atoms with van der Waals surface area (Å²) in [4.78, 5) is 28.9. The molecule has 1 fully saturated rings. The molecule has 1 aliphatic carbocycles. The molecule has 158 valence electrons. The zero-order chi connectivity index (χ0) is 21.3. The van der Waals surface area contributed by atoms with Crippen molar-refractivity contribution in [2.45, 2.75) is 38.5 Å². The topological polar surface area (TPSA) is 81.8 Å². The summed E-state index contributed by atoms with van der Waals surface area (Å²) in [6.07, 6.45) is 1.17. The van der Waals surface area contributed by atoms with E-state index in [2.05, 4.69) is 15.4 Å². The number of nitrogens with one attached hydrogen (secondary N) is 1. The van der Waals surface area contributed by atoms with Crippen LogP contribution in [0.2, 0.25) is 0 Å². The number of carbonyl (C=O) groups is 1. The molecule has 0 aliphatic heterocycles. The van der Waals surface area contributed by atoms with Gasteiger partial charge in [0.2, 0.25) is 5.91 Å². The fraction of sp³-hybridized carbons (Fsp3) is 0.400. The molecule has 2 aromatic heterocycles. The molecule has 0 bridgehead atoms. The monoisotopic (exact) mass is 419 g/mol. The van der Waals surface area contributed by atoms with Crippen molar-refractivity contribution in [2.75, 3.05) is 6.54 Å². The van der Waals surface area contributed by atoms with Crippen molar-refractivity contribution in [3.8, 4) is 0 Å². The lowest BCUT2D eigenvalue weighted by Gasteiger charge is -2.23. The van der Waals surface area contributed by atoms with Crippen molar-refractivity contribution in [2.24, 2.45) is 5.92 Å². The molecule has 10 heteroatoms. The fourth-order valence-corrected chi connectivity index (χ4v) is 3.42. The molecule has 4 rings (SSSR count). The lowest BCUT2D eigenvalue weighted by molar-refractivity contribution is -0.137. The Morgan fingerprint density at radius 2 is 2.07 bits per heavy atom. The van der Waals surface area contributed by atoms with Gasteiger partial charge >= 0.3 is 6.18 Å². The van der Waals surface area contributed by atoms with Crippen molar-refractivity contribution in [3.63, 3.8) is 0 Å². The predicted molar refractivity (Wildman–Crippen MR) is 103 cm³/mol. The number of nitrogens with zero attached hydrogens (tertiary/aromatic N) is 4. The number of rotatable bonds is 6. The second kappa shape index (κ2) is 7.92. The molecule has 0 atom stereocenters. The molecule has 0 radical (unpaired) electrons. The summed E-state index contributed by atoms with van der Waals surface area (Å²) in [5.74, 6) is 0.134. The van der Waals surface area contributed by atoms with Crippen LogP contribution in [-0.4, -0.2) is 31.8 Å². The number of aromatic nitrogens is 4. The van der Waals surface area contributed by atoms with Crippen molar-refractivity contribution < 1.29 is 18.0 Å².